The minimum absolute atomic E-state index is 0.121. The van der Waals surface area contributed by atoms with Crippen LogP contribution in [0.25, 0.3) is 11.0 Å². The van der Waals surface area contributed by atoms with Crippen molar-refractivity contribution in [2.24, 2.45) is 23.5 Å². The number of carbonyl (C=O) groups excluding carboxylic acids is 1. The summed E-state index contributed by atoms with van der Waals surface area (Å²) in [6, 6.07) is 8.77. The van der Waals surface area contributed by atoms with Gasteiger partial charge in [-0.05, 0) is 69.4 Å². The van der Waals surface area contributed by atoms with Crippen molar-refractivity contribution < 1.29 is 4.79 Å². The molecule has 5 rings (SSSR count). The molecule has 0 radical (unpaired) electrons. The Morgan fingerprint density at radius 2 is 1.89 bits per heavy atom. The maximum Gasteiger partial charge on any atom is 0.226 e. The summed E-state index contributed by atoms with van der Waals surface area (Å²) in [5, 5.41) is 0. The van der Waals surface area contributed by atoms with Crippen molar-refractivity contribution in [2.75, 3.05) is 6.54 Å². The molecule has 0 spiro atoms. The standard InChI is InChI=1S/C23H32N4O/c1-2-26-19-10-4-3-9-18(19)25-22(26)20-11-6-12-27(20)23(28)17-13-15-7-5-8-16(14-17)21(15)24/h3-4,9-10,15-17,20-21H,2,5-8,11-14,24H2,1H3. The monoisotopic (exact) mass is 380 g/mol. The zero-order valence-electron chi connectivity index (χ0n) is 16.9. The Labute approximate surface area is 167 Å². The number of fused-ring (bicyclic) bond motifs is 3. The summed E-state index contributed by atoms with van der Waals surface area (Å²) in [5.74, 6) is 2.68. The van der Waals surface area contributed by atoms with Gasteiger partial charge in [0.1, 0.15) is 5.82 Å². The molecule has 3 atom stereocenters. The SMILES string of the molecule is CCn1c(C2CCCN2C(=O)C2CC3CCCC(C2)C3N)nc2ccccc21. The Morgan fingerprint density at radius 1 is 1.14 bits per heavy atom. The van der Waals surface area contributed by atoms with Crippen LogP contribution in [0.2, 0.25) is 0 Å². The molecule has 1 amide bonds. The Morgan fingerprint density at radius 3 is 2.64 bits per heavy atom. The van der Waals surface area contributed by atoms with E-state index in [0.717, 1.165) is 50.1 Å². The molecule has 2 aromatic rings. The first-order valence-electron chi connectivity index (χ1n) is 11.2. The number of rotatable bonds is 3. The molecule has 28 heavy (non-hydrogen) atoms. The second-order valence-corrected chi connectivity index (χ2v) is 9.09. The van der Waals surface area contributed by atoms with Gasteiger partial charge in [-0.3, -0.25) is 4.79 Å². The third kappa shape index (κ3) is 2.86. The number of aryl methyl sites for hydroxylation is 1. The summed E-state index contributed by atoms with van der Waals surface area (Å²) in [5.41, 5.74) is 8.68. The second-order valence-electron chi connectivity index (χ2n) is 9.09. The molecule has 3 unspecified atom stereocenters. The Hall–Kier alpha value is -1.88. The van der Waals surface area contributed by atoms with Crippen molar-refractivity contribution in [3.05, 3.63) is 30.1 Å². The summed E-state index contributed by atoms with van der Waals surface area (Å²) < 4.78 is 2.30. The van der Waals surface area contributed by atoms with Crippen molar-refractivity contribution in [1.82, 2.24) is 14.5 Å². The molecule has 2 saturated carbocycles. The van der Waals surface area contributed by atoms with E-state index in [0.29, 0.717) is 23.8 Å². The number of nitrogens with zero attached hydrogens (tertiary/aromatic N) is 3. The van der Waals surface area contributed by atoms with Gasteiger partial charge in [0.15, 0.2) is 0 Å². The molecule has 2 heterocycles. The molecule has 1 aromatic carbocycles. The number of amides is 1. The third-order valence-corrected chi connectivity index (χ3v) is 7.60. The molecule has 150 valence electrons. The van der Waals surface area contributed by atoms with Crippen LogP contribution < -0.4 is 5.73 Å². The van der Waals surface area contributed by atoms with E-state index >= 15 is 0 Å². The van der Waals surface area contributed by atoms with Crippen LogP contribution in [-0.2, 0) is 11.3 Å². The molecule has 3 aliphatic rings. The Bertz CT molecular complexity index is 861. The first-order chi connectivity index (χ1) is 13.7. The number of hydrogen-bond donors (Lipinski definition) is 1. The first-order valence-corrected chi connectivity index (χ1v) is 11.2. The lowest BCUT2D eigenvalue weighted by molar-refractivity contribution is -0.139. The molecule has 2 bridgehead atoms. The van der Waals surface area contributed by atoms with Crippen molar-refractivity contribution in [3.8, 4) is 0 Å². The Balaban J connectivity index is 1.42. The predicted octanol–water partition coefficient (Wildman–Crippen LogP) is 3.87. The molecule has 1 aromatic heterocycles. The van der Waals surface area contributed by atoms with Crippen LogP contribution in [0.1, 0.15) is 63.7 Å². The molecule has 3 fully saturated rings. The number of nitrogens with two attached hydrogens (primary N) is 1. The fourth-order valence-electron chi connectivity index (χ4n) is 6.21. The van der Waals surface area contributed by atoms with Crippen molar-refractivity contribution in [2.45, 2.75) is 70.5 Å². The lowest BCUT2D eigenvalue weighted by Crippen LogP contribution is -2.49. The maximum atomic E-state index is 13.6. The maximum absolute atomic E-state index is 13.6. The highest BCUT2D eigenvalue weighted by molar-refractivity contribution is 5.80. The third-order valence-electron chi connectivity index (χ3n) is 7.60. The average Bonchev–Trinajstić information content (AvgIpc) is 3.31. The lowest BCUT2D eigenvalue weighted by Gasteiger charge is -2.44. The smallest absolute Gasteiger partial charge is 0.226 e. The van der Waals surface area contributed by atoms with E-state index in [1.54, 1.807) is 0 Å². The summed E-state index contributed by atoms with van der Waals surface area (Å²) in [7, 11) is 0. The molecular weight excluding hydrogens is 348 g/mol. The number of likely N-dealkylation sites (tertiary alicyclic amines) is 1. The highest BCUT2D eigenvalue weighted by Crippen LogP contribution is 2.44. The number of hydrogen-bond acceptors (Lipinski definition) is 3. The van der Waals surface area contributed by atoms with Crippen LogP contribution in [0.5, 0.6) is 0 Å². The van der Waals surface area contributed by atoms with E-state index in [1.807, 2.05) is 6.07 Å². The van der Waals surface area contributed by atoms with Gasteiger partial charge in [0.25, 0.3) is 0 Å². The van der Waals surface area contributed by atoms with Gasteiger partial charge in [0, 0.05) is 25.0 Å². The first kappa shape index (κ1) is 18.2. The van der Waals surface area contributed by atoms with Gasteiger partial charge in [0.05, 0.1) is 17.1 Å². The van der Waals surface area contributed by atoms with Gasteiger partial charge < -0.3 is 15.2 Å². The minimum atomic E-state index is 0.121. The van der Waals surface area contributed by atoms with Gasteiger partial charge >= 0.3 is 0 Å². The van der Waals surface area contributed by atoms with Gasteiger partial charge in [-0.1, -0.05) is 18.6 Å². The number of benzene rings is 1. The van der Waals surface area contributed by atoms with E-state index in [4.69, 9.17) is 10.7 Å². The van der Waals surface area contributed by atoms with Gasteiger partial charge in [-0.25, -0.2) is 4.98 Å². The Kier molecular flexibility index (Phi) is 4.66. The van der Waals surface area contributed by atoms with Crippen LogP contribution in [0, 0.1) is 17.8 Å². The zero-order valence-corrected chi connectivity index (χ0v) is 16.9. The topological polar surface area (TPSA) is 64.2 Å². The number of aromatic nitrogens is 2. The largest absolute Gasteiger partial charge is 0.332 e. The predicted molar refractivity (Wildman–Crippen MR) is 111 cm³/mol. The molecule has 1 saturated heterocycles. The van der Waals surface area contributed by atoms with Crippen molar-refractivity contribution in [3.63, 3.8) is 0 Å². The highest BCUT2D eigenvalue weighted by Gasteiger charge is 2.44. The van der Waals surface area contributed by atoms with Crippen molar-refractivity contribution in [1.29, 1.82) is 0 Å². The summed E-state index contributed by atoms with van der Waals surface area (Å²) >= 11 is 0. The van der Waals surface area contributed by atoms with Gasteiger partial charge in [-0.15, -0.1) is 0 Å². The fraction of sp³-hybridized carbons (Fsp3) is 0.652. The minimum Gasteiger partial charge on any atom is -0.332 e. The summed E-state index contributed by atoms with van der Waals surface area (Å²) in [4.78, 5) is 20.7. The van der Waals surface area contributed by atoms with E-state index in [9.17, 15) is 4.79 Å². The normalized spacial score (nSPS) is 32.8. The van der Waals surface area contributed by atoms with E-state index in [2.05, 4.69) is 34.6 Å². The zero-order chi connectivity index (χ0) is 19.3. The van der Waals surface area contributed by atoms with Crippen LogP contribution >= 0.6 is 0 Å². The van der Waals surface area contributed by atoms with E-state index in [-0.39, 0.29) is 12.0 Å². The van der Waals surface area contributed by atoms with E-state index in [1.165, 1.54) is 24.8 Å². The van der Waals surface area contributed by atoms with Gasteiger partial charge in [-0.2, -0.15) is 0 Å². The highest BCUT2D eigenvalue weighted by atomic mass is 16.2. The van der Waals surface area contributed by atoms with Crippen LogP contribution in [0.15, 0.2) is 24.3 Å². The summed E-state index contributed by atoms with van der Waals surface area (Å²) in [6.07, 6.45) is 7.77. The molecule has 5 heteroatoms. The number of carbonyl (C=O) groups is 1. The average molecular weight is 381 g/mol. The van der Waals surface area contributed by atoms with E-state index < -0.39 is 0 Å². The fourth-order valence-corrected chi connectivity index (χ4v) is 6.21. The molecule has 2 aliphatic carbocycles. The molecule has 2 N–H and O–H groups in total. The summed E-state index contributed by atoms with van der Waals surface area (Å²) in [6.45, 7) is 3.92. The molecule has 1 aliphatic heterocycles. The van der Waals surface area contributed by atoms with Crippen LogP contribution in [0.3, 0.4) is 0 Å². The molecular formula is C23H32N4O. The van der Waals surface area contributed by atoms with Gasteiger partial charge in [0.2, 0.25) is 5.91 Å². The lowest BCUT2D eigenvalue weighted by atomic mass is 9.65. The number of para-hydroxylation sites is 2. The van der Waals surface area contributed by atoms with Crippen molar-refractivity contribution >= 4 is 16.9 Å². The molecule has 5 nitrogen and oxygen atoms in total. The second kappa shape index (κ2) is 7.18. The number of imidazole rings is 1. The van der Waals surface area contributed by atoms with Crippen LogP contribution in [0.4, 0.5) is 0 Å². The quantitative estimate of drug-likeness (QED) is 0.879. The van der Waals surface area contributed by atoms with Crippen LogP contribution in [-0.4, -0.2) is 32.9 Å².